The number of methoxy groups -OCH3 is 1. The summed E-state index contributed by atoms with van der Waals surface area (Å²) in [4.78, 5) is 14.9. The molecule has 24 heavy (non-hydrogen) atoms. The Bertz CT molecular complexity index is 584. The highest BCUT2D eigenvalue weighted by Gasteiger charge is 2.54. The third kappa shape index (κ3) is 2.90. The van der Waals surface area contributed by atoms with Crippen LogP contribution in [0.15, 0.2) is 24.3 Å². The van der Waals surface area contributed by atoms with Crippen LogP contribution in [-0.2, 0) is 14.9 Å². The molecule has 1 heterocycles. The van der Waals surface area contributed by atoms with Gasteiger partial charge in [-0.25, -0.2) is 0 Å². The lowest BCUT2D eigenvalue weighted by Gasteiger charge is -2.40. The number of aliphatic hydroxyl groups is 2. The lowest BCUT2D eigenvalue weighted by molar-refractivity contribution is -0.157. The first-order valence-electron chi connectivity index (χ1n) is 8.43. The first kappa shape index (κ1) is 17.2. The summed E-state index contributed by atoms with van der Waals surface area (Å²) in [6.45, 7) is 2.70. The number of nitrogens with zero attached hydrogens (tertiary/aromatic N) is 1. The van der Waals surface area contributed by atoms with Crippen molar-refractivity contribution in [1.82, 2.24) is 4.90 Å². The van der Waals surface area contributed by atoms with Crippen molar-refractivity contribution in [3.63, 3.8) is 0 Å². The van der Waals surface area contributed by atoms with E-state index >= 15 is 0 Å². The molecule has 1 aliphatic carbocycles. The molecule has 0 unspecified atom stereocenters. The Kier molecular flexibility index (Phi) is 4.80. The standard InChI is InChI=1S/C18H25NO5/c1-3-19(14-10-24-11-15(20)16(14)21)17(22)18(8-9-18)12-4-6-13(23-2)7-5-12/h4-7,14-16,20-21H,3,8-11H2,1-2H3/t14-,15-,16+/m1/s1. The molecule has 1 saturated carbocycles. The minimum Gasteiger partial charge on any atom is -0.497 e. The van der Waals surface area contributed by atoms with Gasteiger partial charge in [0.15, 0.2) is 0 Å². The van der Waals surface area contributed by atoms with Crippen molar-refractivity contribution in [2.24, 2.45) is 0 Å². The average molecular weight is 335 g/mol. The minimum atomic E-state index is -0.977. The number of amides is 1. The van der Waals surface area contributed by atoms with Crippen LogP contribution < -0.4 is 4.74 Å². The van der Waals surface area contributed by atoms with Crippen molar-refractivity contribution in [3.05, 3.63) is 29.8 Å². The predicted octanol–water partition coefficient (Wildman–Crippen LogP) is 0.696. The SMILES string of the molecule is CCN(C(=O)C1(c2ccc(OC)cc2)CC1)[C@@H]1COC[C@@H](O)[C@H]1O. The van der Waals surface area contributed by atoms with Gasteiger partial charge in [0.2, 0.25) is 5.91 Å². The van der Waals surface area contributed by atoms with Crippen molar-refractivity contribution in [2.75, 3.05) is 26.9 Å². The number of likely N-dealkylation sites (N-methyl/N-ethyl adjacent to an activating group) is 1. The van der Waals surface area contributed by atoms with Crippen LogP contribution in [0.2, 0.25) is 0 Å². The second-order valence-electron chi connectivity index (χ2n) is 6.56. The van der Waals surface area contributed by atoms with Crippen molar-refractivity contribution >= 4 is 5.91 Å². The summed E-state index contributed by atoms with van der Waals surface area (Å²) < 4.78 is 10.5. The van der Waals surface area contributed by atoms with Gasteiger partial charge < -0.3 is 24.6 Å². The van der Waals surface area contributed by atoms with Gasteiger partial charge in [-0.05, 0) is 37.5 Å². The summed E-state index contributed by atoms with van der Waals surface area (Å²) >= 11 is 0. The molecule has 2 N–H and O–H groups in total. The van der Waals surface area contributed by atoms with Gasteiger partial charge in [0.1, 0.15) is 18.0 Å². The van der Waals surface area contributed by atoms with Crippen molar-refractivity contribution < 1.29 is 24.5 Å². The van der Waals surface area contributed by atoms with Crippen LogP contribution in [0.3, 0.4) is 0 Å². The van der Waals surface area contributed by atoms with E-state index in [0.717, 1.165) is 24.2 Å². The van der Waals surface area contributed by atoms with Gasteiger partial charge in [-0.15, -0.1) is 0 Å². The number of carbonyl (C=O) groups excluding carboxylic acids is 1. The molecule has 0 aromatic heterocycles. The van der Waals surface area contributed by atoms with Gasteiger partial charge in [0.05, 0.1) is 31.8 Å². The molecule has 0 spiro atoms. The fraction of sp³-hybridized carbons (Fsp3) is 0.611. The number of hydrogen-bond donors (Lipinski definition) is 2. The molecule has 3 atom stereocenters. The van der Waals surface area contributed by atoms with E-state index in [9.17, 15) is 15.0 Å². The van der Waals surface area contributed by atoms with E-state index in [2.05, 4.69) is 0 Å². The Labute approximate surface area is 142 Å². The highest BCUT2D eigenvalue weighted by Crippen LogP contribution is 2.50. The first-order valence-corrected chi connectivity index (χ1v) is 8.43. The highest BCUT2D eigenvalue weighted by atomic mass is 16.5. The molecule has 3 rings (SSSR count). The lowest BCUT2D eigenvalue weighted by Crippen LogP contribution is -2.59. The molecular weight excluding hydrogens is 310 g/mol. The molecule has 1 amide bonds. The van der Waals surface area contributed by atoms with Crippen molar-refractivity contribution in [1.29, 1.82) is 0 Å². The van der Waals surface area contributed by atoms with E-state index < -0.39 is 23.7 Å². The zero-order chi connectivity index (χ0) is 17.3. The fourth-order valence-electron chi connectivity index (χ4n) is 3.50. The van der Waals surface area contributed by atoms with Crippen molar-refractivity contribution in [2.45, 2.75) is 43.4 Å². The first-order chi connectivity index (χ1) is 11.5. The molecule has 0 bridgehead atoms. The van der Waals surface area contributed by atoms with Crippen molar-refractivity contribution in [3.8, 4) is 5.75 Å². The Balaban J connectivity index is 1.82. The summed E-state index contributed by atoms with van der Waals surface area (Å²) in [6.07, 6.45) is -0.349. The maximum atomic E-state index is 13.2. The molecule has 2 fully saturated rings. The number of aliphatic hydroxyl groups excluding tert-OH is 2. The molecule has 6 heteroatoms. The summed E-state index contributed by atoms with van der Waals surface area (Å²) in [5.74, 6) is 0.755. The second-order valence-corrected chi connectivity index (χ2v) is 6.56. The van der Waals surface area contributed by atoms with Crippen LogP contribution in [0.5, 0.6) is 5.75 Å². The van der Waals surface area contributed by atoms with E-state index in [4.69, 9.17) is 9.47 Å². The number of ether oxygens (including phenoxy) is 2. The van der Waals surface area contributed by atoms with Crippen LogP contribution in [-0.4, -0.2) is 66.1 Å². The maximum absolute atomic E-state index is 13.2. The quantitative estimate of drug-likeness (QED) is 0.828. The molecule has 132 valence electrons. The normalized spacial score (nSPS) is 28.2. The zero-order valence-corrected chi connectivity index (χ0v) is 14.1. The van der Waals surface area contributed by atoms with E-state index in [1.807, 2.05) is 31.2 Å². The van der Waals surface area contributed by atoms with Crippen LogP contribution in [0.25, 0.3) is 0 Å². The number of rotatable bonds is 5. The van der Waals surface area contributed by atoms with Crippen LogP contribution in [0.4, 0.5) is 0 Å². The molecule has 2 aliphatic rings. The van der Waals surface area contributed by atoms with E-state index in [1.165, 1.54) is 0 Å². The summed E-state index contributed by atoms with van der Waals surface area (Å²) in [6, 6.07) is 7.07. The Morgan fingerprint density at radius 1 is 1.29 bits per heavy atom. The summed E-state index contributed by atoms with van der Waals surface area (Å²) in [7, 11) is 1.61. The molecule has 1 saturated heterocycles. The van der Waals surface area contributed by atoms with Crippen LogP contribution in [0.1, 0.15) is 25.3 Å². The van der Waals surface area contributed by atoms with Crippen LogP contribution in [0, 0.1) is 0 Å². The third-order valence-electron chi connectivity index (χ3n) is 5.17. The maximum Gasteiger partial charge on any atom is 0.233 e. The van der Waals surface area contributed by atoms with Crippen LogP contribution >= 0.6 is 0 Å². The van der Waals surface area contributed by atoms with E-state index in [1.54, 1.807) is 12.0 Å². The van der Waals surface area contributed by atoms with Gasteiger partial charge in [0.25, 0.3) is 0 Å². The summed E-state index contributed by atoms with van der Waals surface area (Å²) in [5.41, 5.74) is 0.447. The van der Waals surface area contributed by atoms with Gasteiger partial charge in [-0.3, -0.25) is 4.79 Å². The Morgan fingerprint density at radius 2 is 1.96 bits per heavy atom. The predicted molar refractivity (Wildman–Crippen MR) is 87.9 cm³/mol. The largest absolute Gasteiger partial charge is 0.497 e. The fourth-order valence-corrected chi connectivity index (χ4v) is 3.50. The molecule has 0 radical (unpaired) electrons. The molecular formula is C18H25NO5. The Morgan fingerprint density at radius 3 is 2.50 bits per heavy atom. The van der Waals surface area contributed by atoms with Gasteiger partial charge >= 0.3 is 0 Å². The second kappa shape index (κ2) is 6.70. The Hall–Kier alpha value is -1.63. The highest BCUT2D eigenvalue weighted by molar-refractivity contribution is 5.91. The lowest BCUT2D eigenvalue weighted by atomic mass is 9.92. The van der Waals surface area contributed by atoms with Gasteiger partial charge in [-0.1, -0.05) is 12.1 Å². The van der Waals surface area contributed by atoms with E-state index in [-0.39, 0.29) is 19.1 Å². The van der Waals surface area contributed by atoms with Gasteiger partial charge in [0, 0.05) is 6.54 Å². The smallest absolute Gasteiger partial charge is 0.233 e. The molecule has 1 aromatic carbocycles. The molecule has 1 aliphatic heterocycles. The molecule has 6 nitrogen and oxygen atoms in total. The van der Waals surface area contributed by atoms with E-state index in [0.29, 0.717) is 6.54 Å². The average Bonchev–Trinajstić information content (AvgIpc) is 3.41. The monoisotopic (exact) mass is 335 g/mol. The zero-order valence-electron chi connectivity index (χ0n) is 14.1. The minimum absolute atomic E-state index is 0.00285. The van der Waals surface area contributed by atoms with Gasteiger partial charge in [-0.2, -0.15) is 0 Å². The molecule has 1 aromatic rings. The number of carbonyl (C=O) groups is 1. The number of benzene rings is 1. The summed E-state index contributed by atoms with van der Waals surface area (Å²) in [5, 5.41) is 20.1. The third-order valence-corrected chi connectivity index (χ3v) is 5.17. The topological polar surface area (TPSA) is 79.2 Å². The number of hydrogen-bond acceptors (Lipinski definition) is 5.